The summed E-state index contributed by atoms with van der Waals surface area (Å²) in [6, 6.07) is 15.9. The van der Waals surface area contributed by atoms with Gasteiger partial charge in [-0.3, -0.25) is 9.59 Å². The minimum absolute atomic E-state index is 0.289. The molecule has 0 saturated carbocycles. The summed E-state index contributed by atoms with van der Waals surface area (Å²) >= 11 is 23.6. The van der Waals surface area contributed by atoms with Crippen LogP contribution in [-0.2, 0) is 0 Å². The van der Waals surface area contributed by atoms with Crippen LogP contribution in [0, 0.1) is 0 Å². The van der Waals surface area contributed by atoms with Crippen LogP contribution in [0.5, 0.6) is 0 Å². The fourth-order valence-corrected chi connectivity index (χ4v) is 2.95. The van der Waals surface area contributed by atoms with Crippen molar-refractivity contribution in [2.45, 2.75) is 0 Å². The second-order valence-corrected chi connectivity index (χ2v) is 7.38. The first kappa shape index (κ1) is 20.5. The normalized spacial score (nSPS) is 10.4. The Morgan fingerprint density at radius 2 is 1.00 bits per heavy atom. The van der Waals surface area contributed by atoms with E-state index in [-0.39, 0.29) is 21.9 Å². The van der Waals surface area contributed by atoms with E-state index >= 15 is 0 Å². The van der Waals surface area contributed by atoms with Crippen LogP contribution in [-0.4, -0.2) is 11.8 Å². The molecule has 0 radical (unpaired) electrons. The minimum atomic E-state index is -0.355. The van der Waals surface area contributed by atoms with Gasteiger partial charge in [0.1, 0.15) is 0 Å². The summed E-state index contributed by atoms with van der Waals surface area (Å²) in [7, 11) is 0. The van der Waals surface area contributed by atoms with Crippen LogP contribution in [0.25, 0.3) is 0 Å². The molecule has 3 aromatic carbocycles. The van der Waals surface area contributed by atoms with Gasteiger partial charge in [-0.1, -0.05) is 52.5 Å². The minimum Gasteiger partial charge on any atom is -0.322 e. The van der Waals surface area contributed by atoms with Crippen molar-refractivity contribution in [2.75, 3.05) is 10.6 Å². The number of nitrogens with one attached hydrogen (secondary N) is 2. The molecule has 4 nitrogen and oxygen atoms in total. The number of hydrogen-bond donors (Lipinski definition) is 2. The van der Waals surface area contributed by atoms with Gasteiger partial charge in [-0.05, 0) is 54.6 Å². The number of benzene rings is 3. The molecule has 2 N–H and O–H groups in total. The van der Waals surface area contributed by atoms with Crippen LogP contribution in [0.2, 0.25) is 20.1 Å². The summed E-state index contributed by atoms with van der Waals surface area (Å²) in [5.41, 5.74) is 1.73. The van der Waals surface area contributed by atoms with Crippen LogP contribution in [0.3, 0.4) is 0 Å². The first-order valence-electron chi connectivity index (χ1n) is 7.96. The highest BCUT2D eigenvalue weighted by molar-refractivity contribution is 6.42. The van der Waals surface area contributed by atoms with E-state index in [2.05, 4.69) is 10.6 Å². The molecule has 3 rings (SSSR count). The molecule has 0 unspecified atom stereocenters. The molecular weight excluding hydrogens is 442 g/mol. The van der Waals surface area contributed by atoms with E-state index in [1.807, 2.05) is 0 Å². The maximum atomic E-state index is 12.4. The van der Waals surface area contributed by atoms with E-state index in [9.17, 15) is 9.59 Å². The predicted octanol–water partition coefficient (Wildman–Crippen LogP) is 6.80. The lowest BCUT2D eigenvalue weighted by Gasteiger charge is -2.10. The molecule has 28 heavy (non-hydrogen) atoms. The van der Waals surface area contributed by atoms with Gasteiger partial charge in [0, 0.05) is 22.5 Å². The van der Waals surface area contributed by atoms with Crippen LogP contribution in [0.15, 0.2) is 60.7 Å². The maximum Gasteiger partial charge on any atom is 0.255 e. The molecule has 0 aliphatic carbocycles. The van der Waals surface area contributed by atoms with Crippen LogP contribution >= 0.6 is 46.4 Å². The first-order chi connectivity index (χ1) is 13.3. The summed E-state index contributed by atoms with van der Waals surface area (Å²) < 4.78 is 0. The average Bonchev–Trinajstić information content (AvgIpc) is 2.66. The Morgan fingerprint density at radius 3 is 1.39 bits per heavy atom. The largest absolute Gasteiger partial charge is 0.322 e. The van der Waals surface area contributed by atoms with E-state index in [4.69, 9.17) is 46.4 Å². The Balaban J connectivity index is 1.72. The van der Waals surface area contributed by atoms with Crippen LogP contribution in [0.1, 0.15) is 20.7 Å². The molecule has 0 spiro atoms. The fourth-order valence-electron chi connectivity index (χ4n) is 2.36. The molecule has 0 heterocycles. The van der Waals surface area contributed by atoms with Gasteiger partial charge in [-0.15, -0.1) is 0 Å². The second-order valence-electron chi connectivity index (χ2n) is 5.75. The van der Waals surface area contributed by atoms with Crippen molar-refractivity contribution in [3.63, 3.8) is 0 Å². The summed E-state index contributed by atoms with van der Waals surface area (Å²) in [5.74, 6) is -0.710. The maximum absolute atomic E-state index is 12.4. The van der Waals surface area contributed by atoms with E-state index in [0.717, 1.165) is 0 Å². The average molecular weight is 454 g/mol. The Kier molecular flexibility index (Phi) is 6.47. The number of carbonyl (C=O) groups is 2. The molecule has 0 saturated heterocycles. The van der Waals surface area contributed by atoms with Crippen molar-refractivity contribution in [2.24, 2.45) is 0 Å². The van der Waals surface area contributed by atoms with Crippen molar-refractivity contribution in [1.29, 1.82) is 0 Å². The topological polar surface area (TPSA) is 58.2 Å². The lowest BCUT2D eigenvalue weighted by Crippen LogP contribution is -2.14. The number of rotatable bonds is 4. The quantitative estimate of drug-likeness (QED) is 0.456. The lowest BCUT2D eigenvalue weighted by atomic mass is 10.2. The molecule has 142 valence electrons. The van der Waals surface area contributed by atoms with Gasteiger partial charge in [0.15, 0.2) is 0 Å². The molecule has 0 aromatic heterocycles. The molecule has 0 aliphatic heterocycles. The van der Waals surface area contributed by atoms with Crippen LogP contribution in [0.4, 0.5) is 11.4 Å². The molecule has 0 atom stereocenters. The highest BCUT2D eigenvalue weighted by Crippen LogP contribution is 2.25. The Labute approximate surface area is 181 Å². The molecule has 0 bridgehead atoms. The molecule has 0 aliphatic rings. The number of amides is 2. The van der Waals surface area contributed by atoms with Gasteiger partial charge in [-0.2, -0.15) is 0 Å². The fraction of sp³-hybridized carbons (Fsp3) is 0. The standard InChI is InChI=1S/C20H12Cl4N2O2/c21-15-6-4-11(8-17(15)23)19(27)25-13-2-1-3-14(10-13)26-20(28)12-5-7-16(22)18(24)9-12/h1-10H,(H,25,27)(H,26,28). The summed E-state index contributed by atoms with van der Waals surface area (Å²) in [5, 5.41) is 6.80. The van der Waals surface area contributed by atoms with Crippen molar-refractivity contribution >= 4 is 69.6 Å². The third-order valence-corrected chi connectivity index (χ3v) is 5.22. The zero-order valence-electron chi connectivity index (χ0n) is 14.1. The van der Waals surface area contributed by atoms with Crippen molar-refractivity contribution in [3.05, 3.63) is 91.9 Å². The SMILES string of the molecule is O=C(Nc1cccc(NC(=O)c2ccc(Cl)c(Cl)c2)c1)c1ccc(Cl)c(Cl)c1. The second kappa shape index (κ2) is 8.84. The van der Waals surface area contributed by atoms with Crippen molar-refractivity contribution < 1.29 is 9.59 Å². The lowest BCUT2D eigenvalue weighted by molar-refractivity contribution is 0.101. The smallest absolute Gasteiger partial charge is 0.255 e. The van der Waals surface area contributed by atoms with Gasteiger partial charge in [0.2, 0.25) is 0 Å². The molecule has 3 aromatic rings. The summed E-state index contributed by atoms with van der Waals surface area (Å²) in [4.78, 5) is 24.7. The highest BCUT2D eigenvalue weighted by Gasteiger charge is 2.11. The number of hydrogen-bond acceptors (Lipinski definition) is 2. The summed E-state index contributed by atoms with van der Waals surface area (Å²) in [6.45, 7) is 0. The molecular formula is C20H12Cl4N2O2. The number of anilines is 2. The third kappa shape index (κ3) is 4.97. The van der Waals surface area contributed by atoms with Gasteiger partial charge >= 0.3 is 0 Å². The third-order valence-electron chi connectivity index (χ3n) is 3.74. The van der Waals surface area contributed by atoms with Crippen molar-refractivity contribution in [3.8, 4) is 0 Å². The Hall–Kier alpha value is -2.24. The monoisotopic (exact) mass is 452 g/mol. The molecule has 0 fully saturated rings. The number of halogens is 4. The van der Waals surface area contributed by atoms with E-state index in [1.54, 1.807) is 48.5 Å². The zero-order chi connectivity index (χ0) is 20.3. The molecule has 8 heteroatoms. The first-order valence-corrected chi connectivity index (χ1v) is 9.47. The van der Waals surface area contributed by atoms with E-state index in [0.29, 0.717) is 32.5 Å². The predicted molar refractivity (Wildman–Crippen MR) is 115 cm³/mol. The number of carbonyl (C=O) groups excluding carboxylic acids is 2. The summed E-state index contributed by atoms with van der Waals surface area (Å²) in [6.07, 6.45) is 0. The highest BCUT2D eigenvalue weighted by atomic mass is 35.5. The molecule has 2 amide bonds. The van der Waals surface area contributed by atoms with Gasteiger partial charge in [0.05, 0.1) is 20.1 Å². The van der Waals surface area contributed by atoms with Gasteiger partial charge in [0.25, 0.3) is 11.8 Å². The zero-order valence-corrected chi connectivity index (χ0v) is 17.1. The van der Waals surface area contributed by atoms with Gasteiger partial charge in [-0.25, -0.2) is 0 Å². The Bertz CT molecular complexity index is 989. The van der Waals surface area contributed by atoms with Crippen molar-refractivity contribution in [1.82, 2.24) is 0 Å². The Morgan fingerprint density at radius 1 is 0.571 bits per heavy atom. The van der Waals surface area contributed by atoms with Gasteiger partial charge < -0.3 is 10.6 Å². The van der Waals surface area contributed by atoms with E-state index in [1.165, 1.54) is 12.1 Å². The van der Waals surface area contributed by atoms with Crippen LogP contribution < -0.4 is 10.6 Å². The van der Waals surface area contributed by atoms with E-state index < -0.39 is 0 Å².